The van der Waals surface area contributed by atoms with E-state index in [2.05, 4.69) is 15.6 Å². The molecule has 4 rings (SSSR count). The summed E-state index contributed by atoms with van der Waals surface area (Å²) in [4.78, 5) is 28.5. The summed E-state index contributed by atoms with van der Waals surface area (Å²) in [6.07, 6.45) is -0.937. The number of aliphatic hydroxyl groups is 1. The number of nitrogens with two attached hydrogens (primary N) is 1. The summed E-state index contributed by atoms with van der Waals surface area (Å²) in [5, 5.41) is 18.2. The van der Waals surface area contributed by atoms with Gasteiger partial charge in [0.15, 0.2) is 6.23 Å². The molecule has 0 aliphatic rings. The van der Waals surface area contributed by atoms with Gasteiger partial charge < -0.3 is 20.9 Å². The molecule has 8 heteroatoms. The number of fused-ring (bicyclic) bond motifs is 2. The minimum Gasteiger partial charge on any atom is -0.449 e. The first-order valence-corrected chi connectivity index (χ1v) is 10.6. The number of carbonyl (C=O) groups excluding carboxylic acids is 2. The van der Waals surface area contributed by atoms with E-state index in [0.717, 1.165) is 11.8 Å². The maximum atomic E-state index is 12.0. The van der Waals surface area contributed by atoms with Crippen molar-refractivity contribution in [3.8, 4) is 0 Å². The first kappa shape index (κ1) is 22.0. The Morgan fingerprint density at radius 3 is 2.61 bits per heavy atom. The highest BCUT2D eigenvalue weighted by Crippen LogP contribution is 2.34. The van der Waals surface area contributed by atoms with Crippen LogP contribution in [0.5, 0.6) is 0 Å². The maximum Gasteiger partial charge on any atom is 0.411 e. The molecule has 8 nitrogen and oxygen atoms in total. The molecular weight excluding hydrogens is 420 g/mol. The number of hydrogen-bond acceptors (Lipinski definition) is 6. The number of aromatic nitrogens is 1. The van der Waals surface area contributed by atoms with E-state index in [1.165, 1.54) is 0 Å². The number of carbonyl (C=O) groups is 2. The van der Waals surface area contributed by atoms with Crippen molar-refractivity contribution in [2.24, 2.45) is 5.73 Å². The summed E-state index contributed by atoms with van der Waals surface area (Å²) in [5.74, 6) is -0.580. The largest absolute Gasteiger partial charge is 0.449 e. The molecule has 1 unspecified atom stereocenters. The van der Waals surface area contributed by atoms with E-state index < -0.39 is 18.2 Å². The third kappa shape index (κ3) is 4.70. The van der Waals surface area contributed by atoms with Gasteiger partial charge in [0.25, 0.3) is 5.91 Å². The van der Waals surface area contributed by atoms with Crippen LogP contribution in [-0.4, -0.2) is 28.7 Å². The molecule has 5 N–H and O–H groups in total. The van der Waals surface area contributed by atoms with Crippen LogP contribution in [0.25, 0.3) is 21.8 Å². The van der Waals surface area contributed by atoms with Gasteiger partial charge in [-0.2, -0.15) is 0 Å². The van der Waals surface area contributed by atoms with Gasteiger partial charge in [0.05, 0.1) is 28.9 Å². The summed E-state index contributed by atoms with van der Waals surface area (Å²) in [6.45, 7) is 2.24. The Hall–Kier alpha value is -4.17. The molecule has 0 spiro atoms. The maximum absolute atomic E-state index is 12.0. The van der Waals surface area contributed by atoms with E-state index in [-0.39, 0.29) is 0 Å². The van der Waals surface area contributed by atoms with Gasteiger partial charge >= 0.3 is 6.09 Å². The van der Waals surface area contributed by atoms with Crippen LogP contribution in [0.3, 0.4) is 0 Å². The summed E-state index contributed by atoms with van der Waals surface area (Å²) < 4.78 is 5.05. The molecule has 3 aromatic carbocycles. The number of hydrogen-bond donors (Lipinski definition) is 4. The number of aliphatic hydroxyl groups excluding tert-OH is 1. The Labute approximate surface area is 190 Å². The predicted molar refractivity (Wildman–Crippen MR) is 128 cm³/mol. The van der Waals surface area contributed by atoms with Crippen LogP contribution in [0.2, 0.25) is 0 Å². The van der Waals surface area contributed by atoms with Gasteiger partial charge in [0.1, 0.15) is 0 Å². The fourth-order valence-electron chi connectivity index (χ4n) is 3.62. The quantitative estimate of drug-likeness (QED) is 0.245. The molecule has 2 amide bonds. The number of anilines is 2. The normalized spacial score (nSPS) is 11.8. The number of nitrogens with zero attached hydrogens (tertiary/aromatic N) is 1. The molecule has 0 saturated heterocycles. The summed E-state index contributed by atoms with van der Waals surface area (Å²) in [6, 6.07) is 19.4. The lowest BCUT2D eigenvalue weighted by Gasteiger charge is -2.19. The zero-order valence-corrected chi connectivity index (χ0v) is 18.0. The average Bonchev–Trinajstić information content (AvgIpc) is 2.82. The van der Waals surface area contributed by atoms with Crippen molar-refractivity contribution >= 4 is 45.2 Å². The van der Waals surface area contributed by atoms with E-state index in [0.29, 0.717) is 45.5 Å². The van der Waals surface area contributed by atoms with Gasteiger partial charge in [-0.15, -0.1) is 0 Å². The lowest BCUT2D eigenvalue weighted by molar-refractivity contribution is 0.100. The van der Waals surface area contributed by atoms with E-state index >= 15 is 0 Å². The fraction of sp³-hybridized carbons (Fsp3) is 0.160. The minimum absolute atomic E-state index is 0.299. The van der Waals surface area contributed by atoms with E-state index in [1.807, 2.05) is 37.3 Å². The van der Waals surface area contributed by atoms with Gasteiger partial charge in [-0.25, -0.2) is 9.78 Å². The van der Waals surface area contributed by atoms with Crippen molar-refractivity contribution in [3.63, 3.8) is 0 Å². The van der Waals surface area contributed by atoms with Crippen molar-refractivity contribution < 1.29 is 19.4 Å². The van der Waals surface area contributed by atoms with Crippen molar-refractivity contribution in [1.29, 1.82) is 0 Å². The molecule has 0 saturated carbocycles. The average molecular weight is 444 g/mol. The Morgan fingerprint density at radius 1 is 1.06 bits per heavy atom. The molecule has 0 radical (unpaired) electrons. The molecule has 0 fully saturated rings. The van der Waals surface area contributed by atoms with Crippen molar-refractivity contribution in [3.05, 3.63) is 77.9 Å². The van der Waals surface area contributed by atoms with E-state index in [9.17, 15) is 14.7 Å². The fourth-order valence-corrected chi connectivity index (χ4v) is 3.62. The number of rotatable bonds is 7. The van der Waals surface area contributed by atoms with Gasteiger partial charge in [-0.1, -0.05) is 49.4 Å². The Morgan fingerprint density at radius 2 is 1.82 bits per heavy atom. The van der Waals surface area contributed by atoms with Gasteiger partial charge in [0, 0.05) is 22.0 Å². The number of primary amides is 1. The van der Waals surface area contributed by atoms with Crippen molar-refractivity contribution in [2.75, 3.05) is 17.2 Å². The molecule has 1 heterocycles. The molecule has 4 aromatic rings. The SMILES string of the molecule is CCCOC(=O)Nc1cccc(C(O)Nc2c3ccccc3nc3c(C(N)=O)cccc23)c1. The predicted octanol–water partition coefficient (Wildman–Crippen LogP) is 4.55. The Balaban J connectivity index is 1.71. The van der Waals surface area contributed by atoms with E-state index in [4.69, 9.17) is 10.5 Å². The smallest absolute Gasteiger partial charge is 0.411 e. The van der Waals surface area contributed by atoms with Crippen LogP contribution < -0.4 is 16.4 Å². The lowest BCUT2D eigenvalue weighted by atomic mass is 10.0. The Bertz CT molecular complexity index is 1340. The Kier molecular flexibility index (Phi) is 6.37. The van der Waals surface area contributed by atoms with Crippen LogP contribution in [0, 0.1) is 0 Å². The number of nitrogens with one attached hydrogen (secondary N) is 2. The van der Waals surface area contributed by atoms with Gasteiger partial charge in [-0.3, -0.25) is 10.1 Å². The summed E-state index contributed by atoms with van der Waals surface area (Å²) in [5.41, 5.74) is 8.61. The first-order chi connectivity index (χ1) is 16.0. The number of para-hydroxylation sites is 2. The third-order valence-electron chi connectivity index (χ3n) is 5.14. The van der Waals surface area contributed by atoms with Gasteiger partial charge in [0.2, 0.25) is 0 Å². The molecule has 0 aliphatic carbocycles. The number of pyridine rings is 1. The topological polar surface area (TPSA) is 127 Å². The molecule has 33 heavy (non-hydrogen) atoms. The molecule has 1 aromatic heterocycles. The van der Waals surface area contributed by atoms with Crippen molar-refractivity contribution in [2.45, 2.75) is 19.6 Å². The number of ether oxygens (including phenoxy) is 1. The molecule has 1 atom stereocenters. The number of benzene rings is 3. The second-order valence-electron chi connectivity index (χ2n) is 7.50. The summed E-state index contributed by atoms with van der Waals surface area (Å²) >= 11 is 0. The highest BCUT2D eigenvalue weighted by molar-refractivity contribution is 6.13. The van der Waals surface area contributed by atoms with Crippen LogP contribution >= 0.6 is 0 Å². The zero-order valence-electron chi connectivity index (χ0n) is 18.0. The van der Waals surface area contributed by atoms with Gasteiger partial charge in [-0.05, 0) is 30.7 Å². The highest BCUT2D eigenvalue weighted by atomic mass is 16.5. The number of amides is 2. The van der Waals surface area contributed by atoms with E-state index in [1.54, 1.807) is 36.4 Å². The lowest BCUT2D eigenvalue weighted by Crippen LogP contribution is -2.15. The second-order valence-corrected chi connectivity index (χ2v) is 7.50. The molecule has 168 valence electrons. The standard InChI is InChI=1S/C25H24N4O4/c1-2-13-33-25(32)27-16-8-5-7-15(14-16)24(31)29-21-17-9-3-4-12-20(17)28-22-18(21)10-6-11-19(22)23(26)30/h3-12,14,24,31H,2,13H2,1H3,(H2,26,30)(H,27,32)(H,28,29). The molecule has 0 bridgehead atoms. The highest BCUT2D eigenvalue weighted by Gasteiger charge is 2.17. The summed E-state index contributed by atoms with van der Waals surface area (Å²) in [7, 11) is 0. The monoisotopic (exact) mass is 444 g/mol. The zero-order chi connectivity index (χ0) is 23.4. The van der Waals surface area contributed by atoms with Crippen LogP contribution in [0.15, 0.2) is 66.7 Å². The molecule has 0 aliphatic heterocycles. The van der Waals surface area contributed by atoms with Crippen molar-refractivity contribution in [1.82, 2.24) is 4.98 Å². The first-order valence-electron chi connectivity index (χ1n) is 10.6. The van der Waals surface area contributed by atoms with Crippen LogP contribution in [0.1, 0.15) is 35.5 Å². The van der Waals surface area contributed by atoms with Crippen LogP contribution in [0.4, 0.5) is 16.2 Å². The molecular formula is C25H24N4O4. The van der Waals surface area contributed by atoms with Crippen LogP contribution in [-0.2, 0) is 4.74 Å². The second kappa shape index (κ2) is 9.54. The third-order valence-corrected chi connectivity index (χ3v) is 5.14. The minimum atomic E-state index is -1.11.